The van der Waals surface area contributed by atoms with Crippen molar-refractivity contribution < 1.29 is 14.7 Å². The first-order chi connectivity index (χ1) is 16.0. The predicted molar refractivity (Wildman–Crippen MR) is 127 cm³/mol. The van der Waals surface area contributed by atoms with Gasteiger partial charge in [-0.1, -0.05) is 24.3 Å². The van der Waals surface area contributed by atoms with E-state index in [9.17, 15) is 9.59 Å². The van der Waals surface area contributed by atoms with Crippen LogP contribution in [0.25, 0.3) is 22.4 Å². The number of imidazole rings is 1. The average Bonchev–Trinajstić information content (AvgIpc) is 3.20. The van der Waals surface area contributed by atoms with Crippen molar-refractivity contribution in [2.45, 2.75) is 12.8 Å². The number of nitrogens with zero attached hydrogens (tertiary/aromatic N) is 5. The van der Waals surface area contributed by atoms with Crippen molar-refractivity contribution >= 4 is 28.7 Å². The van der Waals surface area contributed by atoms with Crippen LogP contribution in [0.4, 0.5) is 10.5 Å². The summed E-state index contributed by atoms with van der Waals surface area (Å²) in [5, 5.41) is 9.15. The van der Waals surface area contributed by atoms with Crippen molar-refractivity contribution in [2.75, 3.05) is 44.2 Å². The Hall–Kier alpha value is -3.55. The van der Waals surface area contributed by atoms with E-state index in [1.807, 2.05) is 30.1 Å². The largest absolute Gasteiger partial charge is 0.465 e. The van der Waals surface area contributed by atoms with Crippen LogP contribution in [0.3, 0.4) is 0 Å². The zero-order chi connectivity index (χ0) is 22.9. The number of rotatable bonds is 3. The van der Waals surface area contributed by atoms with E-state index in [4.69, 9.17) is 10.1 Å². The number of aromatic nitrogens is 2. The molecule has 33 heavy (non-hydrogen) atoms. The van der Waals surface area contributed by atoms with E-state index in [0.29, 0.717) is 32.7 Å². The first kappa shape index (κ1) is 21.3. The highest BCUT2D eigenvalue weighted by atomic mass is 16.4. The number of amides is 2. The van der Waals surface area contributed by atoms with Crippen LogP contribution in [0.5, 0.6) is 0 Å². The maximum Gasteiger partial charge on any atom is 0.407 e. The Balaban J connectivity index is 1.31. The van der Waals surface area contributed by atoms with Crippen molar-refractivity contribution in [1.82, 2.24) is 19.4 Å². The van der Waals surface area contributed by atoms with Crippen molar-refractivity contribution in [1.29, 1.82) is 0 Å². The molecule has 2 amide bonds. The molecule has 1 aromatic heterocycles. The summed E-state index contributed by atoms with van der Waals surface area (Å²) in [5.74, 6) is 1.02. The molecule has 172 valence electrons. The first-order valence-corrected chi connectivity index (χ1v) is 11.5. The second kappa shape index (κ2) is 8.77. The Morgan fingerprint density at radius 2 is 1.73 bits per heavy atom. The minimum atomic E-state index is -0.911. The molecule has 0 bridgehead atoms. The van der Waals surface area contributed by atoms with Gasteiger partial charge in [-0.2, -0.15) is 0 Å². The molecular weight excluding hydrogens is 418 g/mol. The molecule has 2 fully saturated rings. The summed E-state index contributed by atoms with van der Waals surface area (Å²) >= 11 is 0. The fraction of sp³-hybridized carbons (Fsp3) is 0.400. The maximum atomic E-state index is 13.2. The number of aryl methyl sites for hydroxylation is 1. The Bertz CT molecular complexity index is 1180. The van der Waals surface area contributed by atoms with Gasteiger partial charge in [0.2, 0.25) is 5.91 Å². The second-order valence-electron chi connectivity index (χ2n) is 8.91. The van der Waals surface area contributed by atoms with Gasteiger partial charge in [-0.25, -0.2) is 9.78 Å². The molecule has 5 rings (SSSR count). The highest BCUT2D eigenvalue weighted by molar-refractivity contribution is 5.82. The van der Waals surface area contributed by atoms with Gasteiger partial charge < -0.3 is 24.4 Å². The lowest BCUT2D eigenvalue weighted by Gasteiger charge is -2.39. The number of hydrogen-bond donors (Lipinski definition) is 1. The van der Waals surface area contributed by atoms with Gasteiger partial charge in [0.15, 0.2) is 0 Å². The summed E-state index contributed by atoms with van der Waals surface area (Å²) in [6.45, 7) is 3.33. The molecular formula is C25H29N5O3. The Labute approximate surface area is 193 Å². The molecule has 2 saturated heterocycles. The molecule has 0 radical (unpaired) electrons. The number of fused-ring (bicyclic) bond motifs is 1. The lowest BCUT2D eigenvalue weighted by atomic mass is 9.95. The third-order valence-corrected chi connectivity index (χ3v) is 6.89. The average molecular weight is 448 g/mol. The zero-order valence-electron chi connectivity index (χ0n) is 18.9. The number of carboxylic acid groups (broad SMARTS) is 1. The van der Waals surface area contributed by atoms with Crippen LogP contribution in [0, 0.1) is 5.92 Å². The summed E-state index contributed by atoms with van der Waals surface area (Å²) in [6, 6.07) is 16.5. The van der Waals surface area contributed by atoms with Gasteiger partial charge in [0.25, 0.3) is 0 Å². The monoisotopic (exact) mass is 447 g/mol. The summed E-state index contributed by atoms with van der Waals surface area (Å²) in [7, 11) is 2.04. The van der Waals surface area contributed by atoms with Crippen LogP contribution in [-0.4, -0.2) is 75.7 Å². The molecule has 1 atom stereocenters. The standard InChI is InChI=1S/C25H29N5O3/c1-27-22-10-3-2-9-21(22)26-23(27)18-6-4-8-20(16-18)30-11-5-7-19(17-30)24(31)28-12-14-29(15-13-28)25(32)33/h2-4,6,8-10,16,19H,5,7,11-15,17H2,1H3,(H,32,33)/t19-/m0/s1. The minimum absolute atomic E-state index is 0.0606. The molecule has 8 heteroatoms. The number of piperidine rings is 1. The zero-order valence-corrected chi connectivity index (χ0v) is 18.9. The van der Waals surface area contributed by atoms with Crippen LogP contribution in [0.1, 0.15) is 12.8 Å². The first-order valence-electron chi connectivity index (χ1n) is 11.5. The van der Waals surface area contributed by atoms with Gasteiger partial charge >= 0.3 is 6.09 Å². The van der Waals surface area contributed by atoms with Crippen LogP contribution >= 0.6 is 0 Å². The SMILES string of the molecule is Cn1c(-c2cccc(N3CCC[C@H](C(=O)N4CCN(C(=O)O)CC4)C3)c2)nc2ccccc21. The number of carbonyl (C=O) groups excluding carboxylic acids is 1. The molecule has 1 N–H and O–H groups in total. The van der Waals surface area contributed by atoms with E-state index in [0.717, 1.165) is 47.5 Å². The molecule has 2 aromatic carbocycles. The number of benzene rings is 2. The number of piperazine rings is 1. The molecule has 3 aromatic rings. The van der Waals surface area contributed by atoms with Crippen LogP contribution in [0.2, 0.25) is 0 Å². The third kappa shape index (κ3) is 4.13. The Kier molecular flexibility index (Phi) is 5.66. The minimum Gasteiger partial charge on any atom is -0.465 e. The summed E-state index contributed by atoms with van der Waals surface area (Å²) < 4.78 is 2.12. The van der Waals surface area contributed by atoms with E-state index in [1.54, 1.807) is 0 Å². The van der Waals surface area contributed by atoms with Gasteiger partial charge in [0.05, 0.1) is 17.0 Å². The quantitative estimate of drug-likeness (QED) is 0.666. The molecule has 8 nitrogen and oxygen atoms in total. The normalized spacial score (nSPS) is 19.2. The van der Waals surface area contributed by atoms with E-state index < -0.39 is 6.09 Å². The fourth-order valence-electron chi connectivity index (χ4n) is 5.03. The number of hydrogen-bond acceptors (Lipinski definition) is 4. The summed E-state index contributed by atoms with van der Waals surface area (Å²) in [4.78, 5) is 34.6. The van der Waals surface area contributed by atoms with Gasteiger partial charge in [-0.3, -0.25) is 4.79 Å². The van der Waals surface area contributed by atoms with Crippen molar-refractivity contribution in [2.24, 2.45) is 13.0 Å². The van der Waals surface area contributed by atoms with Crippen LogP contribution in [-0.2, 0) is 11.8 Å². The topological polar surface area (TPSA) is 81.9 Å². The van der Waals surface area contributed by atoms with Crippen molar-refractivity contribution in [3.63, 3.8) is 0 Å². The number of carbonyl (C=O) groups is 2. The number of para-hydroxylation sites is 2. The smallest absolute Gasteiger partial charge is 0.407 e. The maximum absolute atomic E-state index is 13.2. The van der Waals surface area contributed by atoms with Gasteiger partial charge in [0, 0.05) is 57.6 Å². The summed E-state index contributed by atoms with van der Waals surface area (Å²) in [5.41, 5.74) is 4.24. The van der Waals surface area contributed by atoms with Crippen LogP contribution < -0.4 is 4.90 Å². The van der Waals surface area contributed by atoms with E-state index >= 15 is 0 Å². The molecule has 2 aliphatic rings. The lowest BCUT2D eigenvalue weighted by Crippen LogP contribution is -2.53. The summed E-state index contributed by atoms with van der Waals surface area (Å²) in [6.07, 6.45) is 0.924. The highest BCUT2D eigenvalue weighted by Gasteiger charge is 2.32. The van der Waals surface area contributed by atoms with E-state index in [1.165, 1.54) is 4.90 Å². The van der Waals surface area contributed by atoms with Gasteiger partial charge in [0.1, 0.15) is 5.82 Å². The second-order valence-corrected chi connectivity index (χ2v) is 8.91. The molecule has 0 spiro atoms. The van der Waals surface area contributed by atoms with E-state index in [-0.39, 0.29) is 11.8 Å². The fourth-order valence-corrected chi connectivity index (χ4v) is 5.03. The Morgan fingerprint density at radius 1 is 0.970 bits per heavy atom. The molecule has 3 heterocycles. The molecule has 0 saturated carbocycles. The molecule has 0 unspecified atom stereocenters. The predicted octanol–water partition coefficient (Wildman–Crippen LogP) is 3.28. The number of anilines is 1. The molecule has 2 aliphatic heterocycles. The van der Waals surface area contributed by atoms with Crippen LogP contribution in [0.15, 0.2) is 48.5 Å². The third-order valence-electron chi connectivity index (χ3n) is 6.89. The lowest BCUT2D eigenvalue weighted by molar-refractivity contribution is -0.137. The highest BCUT2D eigenvalue weighted by Crippen LogP contribution is 2.30. The molecule has 0 aliphatic carbocycles. The Morgan fingerprint density at radius 3 is 2.48 bits per heavy atom. The van der Waals surface area contributed by atoms with E-state index in [2.05, 4.69) is 39.8 Å². The van der Waals surface area contributed by atoms with Gasteiger partial charge in [-0.05, 0) is 37.1 Å². The van der Waals surface area contributed by atoms with Gasteiger partial charge in [-0.15, -0.1) is 0 Å². The van der Waals surface area contributed by atoms with Crippen molar-refractivity contribution in [3.8, 4) is 11.4 Å². The van der Waals surface area contributed by atoms with Crippen molar-refractivity contribution in [3.05, 3.63) is 48.5 Å².